The normalized spacial score (nSPS) is 11.9. The molecule has 1 heteroatoms. The molecular weight excluding hydrogens is 194 g/mol. The van der Waals surface area contributed by atoms with Gasteiger partial charge >= 0.3 is 0 Å². The van der Waals surface area contributed by atoms with E-state index in [1.807, 2.05) is 31.3 Å². The number of allylic oxidation sites excluding steroid dienone is 6. The molecule has 0 atom stereocenters. The lowest BCUT2D eigenvalue weighted by atomic mass is 10.1. The zero-order valence-corrected chi connectivity index (χ0v) is 10.5. The molecule has 0 aliphatic heterocycles. The molecule has 84 valence electrons. The second kappa shape index (κ2) is 6.06. The van der Waals surface area contributed by atoms with Gasteiger partial charge in [-0.25, -0.2) is 0 Å². The van der Waals surface area contributed by atoms with E-state index in [9.17, 15) is 0 Å². The van der Waals surface area contributed by atoms with Gasteiger partial charge in [-0.1, -0.05) is 35.4 Å². The second-order valence-corrected chi connectivity index (χ2v) is 3.98. The molecule has 0 saturated carbocycles. The number of rotatable bonds is 3. The van der Waals surface area contributed by atoms with E-state index in [0.717, 1.165) is 11.3 Å². The summed E-state index contributed by atoms with van der Waals surface area (Å²) in [6.07, 6.45) is 8.15. The fraction of sp³-hybridized carbons (Fsp3) is 0.267. The third-order valence-corrected chi connectivity index (χ3v) is 2.57. The van der Waals surface area contributed by atoms with Crippen LogP contribution < -0.4 is 0 Å². The number of pyridine rings is 1. The molecule has 0 aliphatic carbocycles. The van der Waals surface area contributed by atoms with Crippen LogP contribution in [0, 0.1) is 0 Å². The summed E-state index contributed by atoms with van der Waals surface area (Å²) in [6.45, 7) is 8.40. The van der Waals surface area contributed by atoms with Crippen LogP contribution in [0.25, 0.3) is 5.57 Å². The summed E-state index contributed by atoms with van der Waals surface area (Å²) >= 11 is 0. The number of nitrogens with zero attached hydrogens (tertiary/aromatic N) is 1. The monoisotopic (exact) mass is 213 g/mol. The first-order valence-electron chi connectivity index (χ1n) is 5.55. The minimum atomic E-state index is 1.02. The summed E-state index contributed by atoms with van der Waals surface area (Å²) in [5.74, 6) is 0. The Morgan fingerprint density at radius 2 is 1.88 bits per heavy atom. The van der Waals surface area contributed by atoms with Gasteiger partial charge in [-0.3, -0.25) is 4.98 Å². The minimum Gasteiger partial charge on any atom is -0.256 e. The highest BCUT2D eigenvalue weighted by molar-refractivity contribution is 5.71. The fourth-order valence-corrected chi connectivity index (χ4v) is 1.24. The molecule has 0 saturated heterocycles. The molecule has 16 heavy (non-hydrogen) atoms. The molecule has 0 aromatic carbocycles. The molecule has 1 nitrogen and oxygen atoms in total. The predicted molar refractivity (Wildman–Crippen MR) is 71.1 cm³/mol. The number of hydrogen-bond donors (Lipinski definition) is 0. The van der Waals surface area contributed by atoms with Crippen molar-refractivity contribution in [2.45, 2.75) is 27.7 Å². The molecule has 1 rings (SSSR count). The number of aromatic nitrogens is 1. The zero-order chi connectivity index (χ0) is 12.0. The largest absolute Gasteiger partial charge is 0.256 e. The Labute approximate surface area is 98.2 Å². The van der Waals surface area contributed by atoms with Crippen LogP contribution >= 0.6 is 0 Å². The summed E-state index contributed by atoms with van der Waals surface area (Å²) in [5, 5.41) is 0. The average molecular weight is 213 g/mol. The highest BCUT2D eigenvalue weighted by Gasteiger charge is 1.96. The van der Waals surface area contributed by atoms with E-state index >= 15 is 0 Å². The summed E-state index contributed by atoms with van der Waals surface area (Å²) in [5.41, 5.74) is 4.81. The lowest BCUT2D eigenvalue weighted by molar-refractivity contribution is 1.27. The van der Waals surface area contributed by atoms with Crippen LogP contribution in [0.2, 0.25) is 0 Å². The molecule has 0 bridgehead atoms. The number of hydrogen-bond acceptors (Lipinski definition) is 1. The maximum Gasteiger partial charge on any atom is 0.0698 e. The van der Waals surface area contributed by atoms with E-state index in [0.29, 0.717) is 0 Å². The first kappa shape index (κ1) is 12.4. The van der Waals surface area contributed by atoms with E-state index in [1.165, 1.54) is 11.1 Å². The van der Waals surface area contributed by atoms with Gasteiger partial charge in [0.15, 0.2) is 0 Å². The van der Waals surface area contributed by atoms with Gasteiger partial charge < -0.3 is 0 Å². The smallest absolute Gasteiger partial charge is 0.0698 e. The Morgan fingerprint density at radius 1 is 1.12 bits per heavy atom. The van der Waals surface area contributed by atoms with Crippen molar-refractivity contribution >= 4 is 5.57 Å². The van der Waals surface area contributed by atoms with Crippen molar-refractivity contribution in [2.24, 2.45) is 0 Å². The van der Waals surface area contributed by atoms with Crippen LogP contribution in [0.3, 0.4) is 0 Å². The van der Waals surface area contributed by atoms with E-state index in [-0.39, 0.29) is 0 Å². The van der Waals surface area contributed by atoms with Crippen molar-refractivity contribution < 1.29 is 0 Å². The molecule has 0 spiro atoms. The fourth-order valence-electron chi connectivity index (χ4n) is 1.24. The SMILES string of the molecule is C/C=C(\C=C/C(C)=C(C)C)c1ccccn1. The first-order chi connectivity index (χ1) is 7.65. The molecular formula is C15H19N. The maximum atomic E-state index is 4.34. The zero-order valence-electron chi connectivity index (χ0n) is 10.5. The molecule has 0 unspecified atom stereocenters. The van der Waals surface area contributed by atoms with E-state index in [2.05, 4.69) is 44.0 Å². The topological polar surface area (TPSA) is 12.9 Å². The Morgan fingerprint density at radius 3 is 2.38 bits per heavy atom. The van der Waals surface area contributed by atoms with Gasteiger partial charge in [0.1, 0.15) is 0 Å². The van der Waals surface area contributed by atoms with Gasteiger partial charge in [-0.05, 0) is 45.4 Å². The molecule has 1 heterocycles. The van der Waals surface area contributed by atoms with Crippen LogP contribution in [-0.4, -0.2) is 4.98 Å². The third kappa shape index (κ3) is 3.50. The minimum absolute atomic E-state index is 1.02. The highest BCUT2D eigenvalue weighted by atomic mass is 14.7. The summed E-state index contributed by atoms with van der Waals surface area (Å²) < 4.78 is 0. The summed E-state index contributed by atoms with van der Waals surface area (Å²) in [4.78, 5) is 4.34. The molecule has 0 radical (unpaired) electrons. The maximum absolute atomic E-state index is 4.34. The Kier molecular flexibility index (Phi) is 4.71. The van der Waals surface area contributed by atoms with Crippen molar-refractivity contribution in [3.63, 3.8) is 0 Å². The highest BCUT2D eigenvalue weighted by Crippen LogP contribution is 2.14. The molecule has 0 amide bonds. The Hall–Kier alpha value is -1.63. The van der Waals surface area contributed by atoms with E-state index < -0.39 is 0 Å². The lowest BCUT2D eigenvalue weighted by Gasteiger charge is -2.01. The van der Waals surface area contributed by atoms with Gasteiger partial charge in [0.2, 0.25) is 0 Å². The van der Waals surface area contributed by atoms with Gasteiger partial charge in [0, 0.05) is 6.20 Å². The van der Waals surface area contributed by atoms with Crippen LogP contribution in [0.4, 0.5) is 0 Å². The summed E-state index contributed by atoms with van der Waals surface area (Å²) in [7, 11) is 0. The molecule has 0 aliphatic rings. The molecule has 0 N–H and O–H groups in total. The predicted octanol–water partition coefficient (Wildman–Crippen LogP) is 4.40. The van der Waals surface area contributed by atoms with Crippen molar-refractivity contribution in [3.8, 4) is 0 Å². The Bertz CT molecular complexity index is 418. The van der Waals surface area contributed by atoms with Crippen molar-refractivity contribution in [1.82, 2.24) is 4.98 Å². The second-order valence-electron chi connectivity index (χ2n) is 3.98. The standard InChI is InChI=1S/C15H19N/c1-5-14(10-9-13(4)12(2)3)15-8-6-7-11-16-15/h5-11H,1-4H3/b10-9-,14-5+. The Balaban J connectivity index is 2.92. The van der Waals surface area contributed by atoms with Crippen molar-refractivity contribution in [1.29, 1.82) is 0 Å². The quantitative estimate of drug-likeness (QED) is 0.678. The van der Waals surface area contributed by atoms with Crippen molar-refractivity contribution in [3.05, 3.63) is 59.5 Å². The lowest BCUT2D eigenvalue weighted by Crippen LogP contribution is -1.85. The van der Waals surface area contributed by atoms with E-state index in [4.69, 9.17) is 0 Å². The third-order valence-electron chi connectivity index (χ3n) is 2.57. The van der Waals surface area contributed by atoms with Crippen molar-refractivity contribution in [2.75, 3.05) is 0 Å². The van der Waals surface area contributed by atoms with Gasteiger partial charge in [-0.15, -0.1) is 0 Å². The molecule has 0 fully saturated rings. The molecule has 1 aromatic heterocycles. The van der Waals surface area contributed by atoms with Crippen LogP contribution in [0.5, 0.6) is 0 Å². The van der Waals surface area contributed by atoms with Crippen LogP contribution in [0.1, 0.15) is 33.4 Å². The van der Waals surface area contributed by atoms with Crippen LogP contribution in [0.15, 0.2) is 53.8 Å². The van der Waals surface area contributed by atoms with Gasteiger partial charge in [-0.2, -0.15) is 0 Å². The van der Waals surface area contributed by atoms with E-state index in [1.54, 1.807) is 0 Å². The average Bonchev–Trinajstić information content (AvgIpc) is 2.30. The van der Waals surface area contributed by atoms with Crippen LogP contribution in [-0.2, 0) is 0 Å². The first-order valence-corrected chi connectivity index (χ1v) is 5.55. The van der Waals surface area contributed by atoms with Gasteiger partial charge in [0.05, 0.1) is 5.69 Å². The van der Waals surface area contributed by atoms with Gasteiger partial charge in [0.25, 0.3) is 0 Å². The summed E-state index contributed by atoms with van der Waals surface area (Å²) in [6, 6.07) is 5.97. The molecule has 1 aromatic rings.